The Morgan fingerprint density at radius 2 is 2.27 bits per heavy atom. The van der Waals surface area contributed by atoms with Crippen LogP contribution in [0.5, 0.6) is 0 Å². The average Bonchev–Trinajstić information content (AvgIpc) is 3.08. The molecule has 0 atom stereocenters. The zero-order valence-corrected chi connectivity index (χ0v) is 13.3. The molecule has 22 heavy (non-hydrogen) atoms. The lowest BCUT2D eigenvalue weighted by Crippen LogP contribution is -2.26. The number of nitrogens with zero attached hydrogens (tertiary/aromatic N) is 1. The van der Waals surface area contributed by atoms with Crippen molar-refractivity contribution in [3.63, 3.8) is 0 Å². The van der Waals surface area contributed by atoms with Crippen molar-refractivity contribution in [1.82, 2.24) is 10.3 Å². The highest BCUT2D eigenvalue weighted by atomic mass is 32.1. The predicted molar refractivity (Wildman–Crippen MR) is 86.6 cm³/mol. The molecule has 0 unspecified atom stereocenters. The number of rotatable bonds is 4. The molecule has 1 aromatic heterocycles. The number of hydrogen-bond acceptors (Lipinski definition) is 4. The van der Waals surface area contributed by atoms with E-state index in [1.165, 1.54) is 11.3 Å². The van der Waals surface area contributed by atoms with Gasteiger partial charge in [0.25, 0.3) is 0 Å². The molecule has 0 saturated heterocycles. The van der Waals surface area contributed by atoms with Crippen LogP contribution in [0.3, 0.4) is 0 Å². The largest absolute Gasteiger partial charge is 0.349 e. The van der Waals surface area contributed by atoms with E-state index in [0.29, 0.717) is 13.0 Å². The molecule has 1 aliphatic rings. The first-order valence-corrected chi connectivity index (χ1v) is 8.06. The van der Waals surface area contributed by atoms with Crippen molar-refractivity contribution in [2.24, 2.45) is 5.92 Å². The quantitative estimate of drug-likeness (QED) is 0.911. The maximum absolute atomic E-state index is 11.6. The normalized spacial score (nSPS) is 13.1. The Balaban J connectivity index is 1.73. The van der Waals surface area contributed by atoms with Crippen molar-refractivity contribution in [2.45, 2.75) is 26.8 Å². The topological polar surface area (TPSA) is 71.1 Å². The third-order valence-electron chi connectivity index (χ3n) is 3.52. The average molecular weight is 315 g/mol. The highest BCUT2D eigenvalue weighted by molar-refractivity contribution is 7.09. The number of hydrogen-bond donors (Lipinski definition) is 2. The Hall–Kier alpha value is -2.21. The summed E-state index contributed by atoms with van der Waals surface area (Å²) in [5.74, 6) is 0.0302. The van der Waals surface area contributed by atoms with Gasteiger partial charge in [0.15, 0.2) is 0 Å². The number of carbonyl (C=O) groups excluding carboxylic acids is 2. The molecule has 2 amide bonds. The lowest BCUT2D eigenvalue weighted by molar-refractivity contribution is -0.124. The van der Waals surface area contributed by atoms with Gasteiger partial charge in [0.1, 0.15) is 5.01 Å². The van der Waals surface area contributed by atoms with Gasteiger partial charge in [-0.3, -0.25) is 9.59 Å². The standard InChI is InChI=1S/C16H17N3O2S/c1-9(2)16(21)17-7-15-19-13(8-22-15)10-3-4-12-11(5-10)6-14(20)18-12/h3-5,8-9H,6-7H2,1-2H3,(H,17,21)(H,18,20). The monoisotopic (exact) mass is 315 g/mol. The van der Waals surface area contributed by atoms with Gasteiger partial charge >= 0.3 is 0 Å². The molecule has 2 N–H and O–H groups in total. The van der Waals surface area contributed by atoms with Gasteiger partial charge in [-0.25, -0.2) is 4.98 Å². The summed E-state index contributed by atoms with van der Waals surface area (Å²) >= 11 is 1.52. The third kappa shape index (κ3) is 3.01. The molecule has 2 heterocycles. The Morgan fingerprint density at radius 3 is 3.05 bits per heavy atom. The van der Waals surface area contributed by atoms with E-state index in [2.05, 4.69) is 15.6 Å². The van der Waals surface area contributed by atoms with Crippen molar-refractivity contribution < 1.29 is 9.59 Å². The zero-order chi connectivity index (χ0) is 15.7. The summed E-state index contributed by atoms with van der Waals surface area (Å²) in [6, 6.07) is 5.86. The molecule has 1 aliphatic heterocycles. The van der Waals surface area contributed by atoms with Gasteiger partial charge in [-0.05, 0) is 17.7 Å². The van der Waals surface area contributed by atoms with Crippen LogP contribution in [0.15, 0.2) is 23.6 Å². The summed E-state index contributed by atoms with van der Waals surface area (Å²) in [5.41, 5.74) is 3.76. The van der Waals surface area contributed by atoms with E-state index in [4.69, 9.17) is 0 Å². The Kier molecular flexibility index (Phi) is 3.94. The van der Waals surface area contributed by atoms with E-state index in [0.717, 1.165) is 27.5 Å². The van der Waals surface area contributed by atoms with Gasteiger partial charge in [0.05, 0.1) is 18.7 Å². The number of anilines is 1. The van der Waals surface area contributed by atoms with Crippen LogP contribution in [0.4, 0.5) is 5.69 Å². The summed E-state index contributed by atoms with van der Waals surface area (Å²) in [4.78, 5) is 27.5. The van der Waals surface area contributed by atoms with Crippen molar-refractivity contribution in [1.29, 1.82) is 0 Å². The van der Waals surface area contributed by atoms with Crippen LogP contribution < -0.4 is 10.6 Å². The molecule has 6 heteroatoms. The van der Waals surface area contributed by atoms with Gasteiger partial charge in [-0.1, -0.05) is 19.9 Å². The number of nitrogens with one attached hydrogen (secondary N) is 2. The Labute approximate surface area is 132 Å². The molecule has 0 radical (unpaired) electrons. The smallest absolute Gasteiger partial charge is 0.228 e. The van der Waals surface area contributed by atoms with Crippen LogP contribution in [0.2, 0.25) is 0 Å². The maximum Gasteiger partial charge on any atom is 0.228 e. The van der Waals surface area contributed by atoms with E-state index < -0.39 is 0 Å². The Morgan fingerprint density at radius 1 is 1.45 bits per heavy atom. The molecule has 2 aromatic rings. The minimum Gasteiger partial charge on any atom is -0.349 e. The zero-order valence-electron chi connectivity index (χ0n) is 12.5. The highest BCUT2D eigenvalue weighted by Gasteiger charge is 2.18. The molecular formula is C16H17N3O2S. The van der Waals surface area contributed by atoms with Crippen LogP contribution in [-0.4, -0.2) is 16.8 Å². The van der Waals surface area contributed by atoms with Crippen molar-refractivity contribution in [3.8, 4) is 11.3 Å². The minimum atomic E-state index is -0.0267. The van der Waals surface area contributed by atoms with E-state index in [-0.39, 0.29) is 17.7 Å². The molecule has 5 nitrogen and oxygen atoms in total. The first kappa shape index (κ1) is 14.7. The van der Waals surface area contributed by atoms with Gasteiger partial charge < -0.3 is 10.6 Å². The van der Waals surface area contributed by atoms with Gasteiger partial charge in [0.2, 0.25) is 11.8 Å². The first-order chi connectivity index (χ1) is 10.5. The van der Waals surface area contributed by atoms with Crippen LogP contribution in [-0.2, 0) is 22.6 Å². The molecule has 0 fully saturated rings. The van der Waals surface area contributed by atoms with E-state index in [1.807, 2.05) is 37.4 Å². The molecule has 0 bridgehead atoms. The lowest BCUT2D eigenvalue weighted by atomic mass is 10.1. The van der Waals surface area contributed by atoms with Gasteiger partial charge in [-0.15, -0.1) is 11.3 Å². The number of amides is 2. The fraction of sp³-hybridized carbons (Fsp3) is 0.312. The third-order valence-corrected chi connectivity index (χ3v) is 4.36. The van der Waals surface area contributed by atoms with Gasteiger partial charge in [-0.2, -0.15) is 0 Å². The molecule has 0 aliphatic carbocycles. The fourth-order valence-corrected chi connectivity index (χ4v) is 3.02. The van der Waals surface area contributed by atoms with Crippen LogP contribution in [0.1, 0.15) is 24.4 Å². The number of thiazole rings is 1. The summed E-state index contributed by atoms with van der Waals surface area (Å²) in [6.45, 7) is 4.18. The minimum absolute atomic E-state index is 0.0267. The molecular weight excluding hydrogens is 298 g/mol. The van der Waals surface area contributed by atoms with Crippen molar-refractivity contribution >= 4 is 28.8 Å². The number of fused-ring (bicyclic) bond motifs is 1. The molecule has 3 rings (SSSR count). The van der Waals surface area contributed by atoms with Crippen molar-refractivity contribution in [3.05, 3.63) is 34.2 Å². The summed E-state index contributed by atoms with van der Waals surface area (Å²) in [7, 11) is 0. The van der Waals surface area contributed by atoms with Crippen LogP contribution >= 0.6 is 11.3 Å². The second-order valence-corrected chi connectivity index (χ2v) is 6.54. The fourth-order valence-electron chi connectivity index (χ4n) is 2.28. The molecule has 1 aromatic carbocycles. The first-order valence-electron chi connectivity index (χ1n) is 7.18. The molecule has 0 spiro atoms. The number of benzene rings is 1. The van der Waals surface area contributed by atoms with Crippen LogP contribution in [0.25, 0.3) is 11.3 Å². The summed E-state index contributed by atoms with van der Waals surface area (Å²) < 4.78 is 0. The lowest BCUT2D eigenvalue weighted by Gasteiger charge is -2.05. The van der Waals surface area contributed by atoms with E-state index in [9.17, 15) is 9.59 Å². The van der Waals surface area contributed by atoms with Crippen molar-refractivity contribution in [2.75, 3.05) is 5.32 Å². The summed E-state index contributed by atoms with van der Waals surface area (Å²) in [6.07, 6.45) is 0.421. The molecule has 114 valence electrons. The maximum atomic E-state index is 11.6. The number of aromatic nitrogens is 1. The van der Waals surface area contributed by atoms with E-state index >= 15 is 0 Å². The second kappa shape index (κ2) is 5.88. The number of carbonyl (C=O) groups is 2. The molecule has 0 saturated carbocycles. The predicted octanol–water partition coefficient (Wildman–Crippen LogP) is 2.58. The van der Waals surface area contributed by atoms with Crippen LogP contribution in [0, 0.1) is 5.92 Å². The summed E-state index contributed by atoms with van der Waals surface area (Å²) in [5, 5.41) is 8.53. The highest BCUT2D eigenvalue weighted by Crippen LogP contribution is 2.29. The SMILES string of the molecule is CC(C)C(=O)NCc1nc(-c2ccc3c(c2)CC(=O)N3)cs1. The van der Waals surface area contributed by atoms with E-state index in [1.54, 1.807) is 0 Å². The second-order valence-electron chi connectivity index (χ2n) is 5.60. The van der Waals surface area contributed by atoms with Gasteiger partial charge in [0, 0.05) is 22.5 Å². The Bertz CT molecular complexity index is 737.